The van der Waals surface area contributed by atoms with Gasteiger partial charge >= 0.3 is 0 Å². The zero-order valence-electron chi connectivity index (χ0n) is 9.88. The van der Waals surface area contributed by atoms with Gasteiger partial charge in [-0.25, -0.2) is 0 Å². The molecule has 3 rings (SSSR count). The molecule has 0 aromatic rings. The molecule has 0 aliphatic heterocycles. The monoisotopic (exact) mass is 204 g/mol. The van der Waals surface area contributed by atoms with Gasteiger partial charge in [-0.2, -0.15) is 0 Å². The van der Waals surface area contributed by atoms with Crippen LogP contribution in [0.4, 0.5) is 0 Å². The molecule has 3 aliphatic rings. The molecule has 0 heterocycles. The summed E-state index contributed by atoms with van der Waals surface area (Å²) in [6.45, 7) is 0. The molecule has 2 fully saturated rings. The van der Waals surface area contributed by atoms with Crippen LogP contribution in [0.15, 0.2) is 11.6 Å². The van der Waals surface area contributed by atoms with Crippen molar-refractivity contribution in [2.75, 3.05) is 0 Å². The third-order valence-corrected chi connectivity index (χ3v) is 4.95. The fraction of sp³-hybridized carbons (Fsp3) is 0.867. The Kier molecular flexibility index (Phi) is 2.86. The minimum Gasteiger partial charge on any atom is -0.0816 e. The Morgan fingerprint density at radius 2 is 1.47 bits per heavy atom. The second kappa shape index (κ2) is 4.31. The van der Waals surface area contributed by atoms with Crippen LogP contribution < -0.4 is 0 Å². The molecule has 2 bridgehead atoms. The smallest absolute Gasteiger partial charge is 0.0195 e. The van der Waals surface area contributed by atoms with E-state index in [1.165, 1.54) is 64.2 Å². The standard InChI is InChI=1S/C15H24/c1-2-4-6-13(7-5-3-1)15-11-12-8-9-14(15)10-12/h11-14H,1-10H2. The van der Waals surface area contributed by atoms with Crippen molar-refractivity contribution in [2.45, 2.75) is 64.2 Å². The van der Waals surface area contributed by atoms with E-state index in [0.717, 1.165) is 17.8 Å². The van der Waals surface area contributed by atoms with Crippen molar-refractivity contribution in [3.8, 4) is 0 Å². The Morgan fingerprint density at radius 1 is 0.733 bits per heavy atom. The maximum Gasteiger partial charge on any atom is -0.0195 e. The molecule has 0 heteroatoms. The zero-order chi connectivity index (χ0) is 10.1. The molecule has 84 valence electrons. The lowest BCUT2D eigenvalue weighted by atomic mass is 9.80. The summed E-state index contributed by atoms with van der Waals surface area (Å²) in [4.78, 5) is 0. The molecule has 0 radical (unpaired) electrons. The first-order valence-electron chi connectivity index (χ1n) is 7.15. The predicted octanol–water partition coefficient (Wildman–Crippen LogP) is 4.70. The van der Waals surface area contributed by atoms with Crippen molar-refractivity contribution in [3.05, 3.63) is 11.6 Å². The second-order valence-corrected chi connectivity index (χ2v) is 5.98. The molecule has 0 nitrogen and oxygen atoms in total. The van der Waals surface area contributed by atoms with Gasteiger partial charge in [0.2, 0.25) is 0 Å². The number of hydrogen-bond donors (Lipinski definition) is 0. The minimum absolute atomic E-state index is 0.996. The van der Waals surface area contributed by atoms with Crippen LogP contribution in [0.2, 0.25) is 0 Å². The summed E-state index contributed by atoms with van der Waals surface area (Å²) in [5.74, 6) is 3.02. The van der Waals surface area contributed by atoms with Gasteiger partial charge in [-0.3, -0.25) is 0 Å². The fourth-order valence-corrected chi connectivity index (χ4v) is 4.14. The van der Waals surface area contributed by atoms with Crippen molar-refractivity contribution >= 4 is 0 Å². The maximum absolute atomic E-state index is 2.68. The van der Waals surface area contributed by atoms with Gasteiger partial charge in [0.15, 0.2) is 0 Å². The zero-order valence-corrected chi connectivity index (χ0v) is 9.88. The van der Waals surface area contributed by atoms with Gasteiger partial charge in [0.25, 0.3) is 0 Å². The van der Waals surface area contributed by atoms with Gasteiger partial charge in [0, 0.05) is 0 Å². The molecule has 2 unspecified atom stereocenters. The molecular formula is C15H24. The van der Waals surface area contributed by atoms with Crippen molar-refractivity contribution in [3.63, 3.8) is 0 Å². The van der Waals surface area contributed by atoms with Crippen LogP contribution in [0.3, 0.4) is 0 Å². The van der Waals surface area contributed by atoms with Crippen LogP contribution in [-0.4, -0.2) is 0 Å². The number of rotatable bonds is 1. The van der Waals surface area contributed by atoms with Crippen molar-refractivity contribution in [1.82, 2.24) is 0 Å². The van der Waals surface area contributed by atoms with Crippen molar-refractivity contribution in [2.24, 2.45) is 17.8 Å². The van der Waals surface area contributed by atoms with E-state index in [-0.39, 0.29) is 0 Å². The lowest BCUT2D eigenvalue weighted by Crippen LogP contribution is -2.12. The summed E-state index contributed by atoms with van der Waals surface area (Å²) in [6, 6.07) is 0. The first kappa shape index (κ1) is 9.93. The normalized spacial score (nSPS) is 37.5. The van der Waals surface area contributed by atoms with E-state index >= 15 is 0 Å². The van der Waals surface area contributed by atoms with Gasteiger partial charge < -0.3 is 0 Å². The average Bonchev–Trinajstić information content (AvgIpc) is 2.78. The van der Waals surface area contributed by atoms with Crippen LogP contribution in [-0.2, 0) is 0 Å². The highest BCUT2D eigenvalue weighted by Gasteiger charge is 2.35. The van der Waals surface area contributed by atoms with Gasteiger partial charge in [-0.15, -0.1) is 0 Å². The summed E-state index contributed by atoms with van der Waals surface area (Å²) in [5, 5.41) is 0. The number of allylic oxidation sites excluding steroid dienone is 2. The van der Waals surface area contributed by atoms with E-state index in [1.54, 1.807) is 0 Å². The molecule has 0 N–H and O–H groups in total. The Hall–Kier alpha value is -0.260. The third-order valence-electron chi connectivity index (χ3n) is 4.95. The summed E-state index contributed by atoms with van der Waals surface area (Å²) in [7, 11) is 0. The van der Waals surface area contributed by atoms with Crippen LogP contribution in [0.1, 0.15) is 64.2 Å². The quantitative estimate of drug-likeness (QED) is 0.543. The maximum atomic E-state index is 2.68. The van der Waals surface area contributed by atoms with E-state index < -0.39 is 0 Å². The van der Waals surface area contributed by atoms with E-state index in [9.17, 15) is 0 Å². The largest absolute Gasteiger partial charge is 0.0816 e. The third kappa shape index (κ3) is 2.00. The highest BCUT2D eigenvalue weighted by Crippen LogP contribution is 2.48. The van der Waals surface area contributed by atoms with Gasteiger partial charge in [-0.05, 0) is 49.9 Å². The molecule has 2 saturated carbocycles. The average molecular weight is 204 g/mol. The van der Waals surface area contributed by atoms with E-state index in [0.29, 0.717) is 0 Å². The highest BCUT2D eigenvalue weighted by molar-refractivity contribution is 5.22. The molecule has 2 atom stereocenters. The van der Waals surface area contributed by atoms with Crippen LogP contribution in [0, 0.1) is 17.8 Å². The van der Waals surface area contributed by atoms with Gasteiger partial charge in [0.1, 0.15) is 0 Å². The fourth-order valence-electron chi connectivity index (χ4n) is 4.14. The lowest BCUT2D eigenvalue weighted by Gasteiger charge is -2.25. The van der Waals surface area contributed by atoms with Crippen molar-refractivity contribution < 1.29 is 0 Å². The molecule has 0 saturated heterocycles. The van der Waals surface area contributed by atoms with E-state index in [1.807, 2.05) is 5.57 Å². The topological polar surface area (TPSA) is 0 Å². The van der Waals surface area contributed by atoms with Gasteiger partial charge in [-0.1, -0.05) is 43.8 Å². The van der Waals surface area contributed by atoms with Gasteiger partial charge in [0.05, 0.1) is 0 Å². The molecule has 0 spiro atoms. The molecule has 0 amide bonds. The first-order valence-corrected chi connectivity index (χ1v) is 7.15. The Balaban J connectivity index is 1.67. The highest BCUT2D eigenvalue weighted by atomic mass is 14.4. The molecule has 3 aliphatic carbocycles. The SMILES string of the molecule is C1=C(C2CCCCCCC2)C2CCC1C2. The summed E-state index contributed by atoms with van der Waals surface area (Å²) in [6.07, 6.45) is 17.7. The first-order chi connectivity index (χ1) is 7.43. The minimum atomic E-state index is 0.996. The van der Waals surface area contributed by atoms with E-state index in [2.05, 4.69) is 6.08 Å². The molecule has 0 aromatic carbocycles. The number of fused-ring (bicyclic) bond motifs is 2. The van der Waals surface area contributed by atoms with E-state index in [4.69, 9.17) is 0 Å². The second-order valence-electron chi connectivity index (χ2n) is 5.98. The Bertz CT molecular complexity index is 243. The summed E-state index contributed by atoms with van der Waals surface area (Å²) >= 11 is 0. The Morgan fingerprint density at radius 3 is 2.07 bits per heavy atom. The summed E-state index contributed by atoms with van der Waals surface area (Å²) < 4.78 is 0. The summed E-state index contributed by atoms with van der Waals surface area (Å²) in [5.41, 5.74) is 1.91. The number of hydrogen-bond acceptors (Lipinski definition) is 0. The van der Waals surface area contributed by atoms with Crippen molar-refractivity contribution in [1.29, 1.82) is 0 Å². The molecule has 15 heavy (non-hydrogen) atoms. The lowest BCUT2D eigenvalue weighted by molar-refractivity contribution is 0.392. The van der Waals surface area contributed by atoms with Crippen LogP contribution in [0.25, 0.3) is 0 Å². The van der Waals surface area contributed by atoms with Crippen LogP contribution in [0.5, 0.6) is 0 Å². The van der Waals surface area contributed by atoms with Crippen LogP contribution >= 0.6 is 0 Å². The predicted molar refractivity (Wildman–Crippen MR) is 64.7 cm³/mol. The molecular weight excluding hydrogens is 180 g/mol. The molecule has 0 aromatic heterocycles. The Labute approximate surface area is 94.1 Å².